The van der Waals surface area contributed by atoms with Crippen LogP contribution in [0.5, 0.6) is 11.5 Å². The van der Waals surface area contributed by atoms with Gasteiger partial charge in [-0.3, -0.25) is 0 Å². The number of thiophene rings is 1. The lowest BCUT2D eigenvalue weighted by molar-refractivity contribution is 0.355. The second kappa shape index (κ2) is 7.52. The zero-order chi connectivity index (χ0) is 19.7. The summed E-state index contributed by atoms with van der Waals surface area (Å²) in [6.07, 6.45) is 1.68. The van der Waals surface area contributed by atoms with Crippen LogP contribution in [0.25, 0.3) is 21.3 Å². The smallest absolute Gasteiger partial charge is 0.161 e. The van der Waals surface area contributed by atoms with Gasteiger partial charge in [0, 0.05) is 18.0 Å². The molecule has 0 saturated heterocycles. The summed E-state index contributed by atoms with van der Waals surface area (Å²) in [6, 6.07) is 9.78. The second-order valence-electron chi connectivity index (χ2n) is 6.43. The molecule has 0 radical (unpaired) electrons. The Labute approximate surface area is 167 Å². The number of aryl methyl sites for hydroxylation is 1. The molecule has 4 aromatic rings. The summed E-state index contributed by atoms with van der Waals surface area (Å²) >= 11 is 1.61. The molecule has 0 amide bonds. The number of furan rings is 1. The molecule has 0 atom stereocenters. The minimum atomic E-state index is 0.625. The number of hydrogen-bond donors (Lipinski definition) is 0. The Bertz CT molecular complexity index is 1110. The third-order valence-electron chi connectivity index (χ3n) is 4.56. The van der Waals surface area contributed by atoms with Crippen molar-refractivity contribution >= 4 is 27.4 Å². The maximum atomic E-state index is 5.51. The first-order valence-corrected chi connectivity index (χ1v) is 9.70. The van der Waals surface area contributed by atoms with Crippen molar-refractivity contribution in [2.75, 3.05) is 26.2 Å². The fourth-order valence-electron chi connectivity index (χ4n) is 3.23. The van der Waals surface area contributed by atoms with Gasteiger partial charge in [0.25, 0.3) is 0 Å². The Hall–Kier alpha value is -3.06. The zero-order valence-corrected chi connectivity index (χ0v) is 17.0. The predicted molar refractivity (Wildman–Crippen MR) is 112 cm³/mol. The van der Waals surface area contributed by atoms with Crippen LogP contribution in [-0.4, -0.2) is 31.2 Å². The predicted octanol–water partition coefficient (Wildman–Crippen LogP) is 4.91. The normalized spacial score (nSPS) is 11.0. The molecule has 1 aromatic carbocycles. The first kappa shape index (κ1) is 18.3. The lowest BCUT2D eigenvalue weighted by Crippen LogP contribution is -2.18. The molecule has 0 spiro atoms. The summed E-state index contributed by atoms with van der Waals surface area (Å²) in [5.74, 6) is 3.90. The lowest BCUT2D eigenvalue weighted by Gasteiger charge is -2.19. The molecule has 0 bridgehead atoms. The van der Waals surface area contributed by atoms with Crippen LogP contribution in [0.2, 0.25) is 0 Å². The topological polar surface area (TPSA) is 60.6 Å². The molecule has 4 rings (SSSR count). The Kier molecular flexibility index (Phi) is 4.92. The van der Waals surface area contributed by atoms with Crippen LogP contribution >= 0.6 is 11.3 Å². The zero-order valence-electron chi connectivity index (χ0n) is 16.2. The maximum absolute atomic E-state index is 5.51. The number of fused-ring (bicyclic) bond motifs is 1. The highest BCUT2D eigenvalue weighted by Crippen LogP contribution is 2.41. The maximum Gasteiger partial charge on any atom is 0.161 e. The number of anilines is 1. The van der Waals surface area contributed by atoms with Gasteiger partial charge in [-0.2, -0.15) is 0 Å². The van der Waals surface area contributed by atoms with E-state index in [2.05, 4.69) is 15.3 Å². The summed E-state index contributed by atoms with van der Waals surface area (Å²) in [6.45, 7) is 2.54. The van der Waals surface area contributed by atoms with E-state index in [0.29, 0.717) is 18.0 Å². The molecule has 144 valence electrons. The van der Waals surface area contributed by atoms with Crippen molar-refractivity contribution in [3.8, 4) is 22.6 Å². The molecule has 6 nitrogen and oxygen atoms in total. The third-order valence-corrected chi connectivity index (χ3v) is 5.43. The van der Waals surface area contributed by atoms with Crippen LogP contribution in [0.1, 0.15) is 11.6 Å². The van der Waals surface area contributed by atoms with Crippen molar-refractivity contribution in [3.63, 3.8) is 0 Å². The van der Waals surface area contributed by atoms with Gasteiger partial charge in [0.05, 0.1) is 32.4 Å². The highest BCUT2D eigenvalue weighted by Gasteiger charge is 2.19. The number of nitrogens with zero attached hydrogens (tertiary/aromatic N) is 3. The van der Waals surface area contributed by atoms with Gasteiger partial charge in [0.1, 0.15) is 22.2 Å². The van der Waals surface area contributed by atoms with Gasteiger partial charge < -0.3 is 18.8 Å². The van der Waals surface area contributed by atoms with Gasteiger partial charge >= 0.3 is 0 Å². The highest BCUT2D eigenvalue weighted by molar-refractivity contribution is 7.17. The van der Waals surface area contributed by atoms with Crippen LogP contribution in [0.3, 0.4) is 0 Å². The molecule has 0 aliphatic carbocycles. The largest absolute Gasteiger partial charge is 0.493 e. The van der Waals surface area contributed by atoms with Crippen LogP contribution in [-0.2, 0) is 6.54 Å². The molecule has 28 heavy (non-hydrogen) atoms. The average Bonchev–Trinajstić information content (AvgIpc) is 3.36. The van der Waals surface area contributed by atoms with Crippen LogP contribution in [0, 0.1) is 6.92 Å². The number of benzene rings is 1. The Morgan fingerprint density at radius 3 is 2.64 bits per heavy atom. The molecule has 3 aromatic heterocycles. The minimum Gasteiger partial charge on any atom is -0.493 e. The fourth-order valence-corrected chi connectivity index (χ4v) is 4.22. The van der Waals surface area contributed by atoms with E-state index in [1.54, 1.807) is 31.8 Å². The summed E-state index contributed by atoms with van der Waals surface area (Å²) in [5.41, 5.74) is 2.10. The van der Waals surface area contributed by atoms with Gasteiger partial charge in [-0.25, -0.2) is 9.97 Å². The van der Waals surface area contributed by atoms with Crippen molar-refractivity contribution in [1.82, 2.24) is 9.97 Å². The van der Waals surface area contributed by atoms with E-state index < -0.39 is 0 Å². The Balaban J connectivity index is 1.84. The highest BCUT2D eigenvalue weighted by atomic mass is 32.1. The number of hydrogen-bond acceptors (Lipinski definition) is 7. The molecule has 7 heteroatoms. The van der Waals surface area contributed by atoms with E-state index in [9.17, 15) is 0 Å². The number of aromatic nitrogens is 2. The first-order valence-electron chi connectivity index (χ1n) is 8.82. The Morgan fingerprint density at radius 2 is 1.93 bits per heavy atom. The third kappa shape index (κ3) is 3.29. The molecule has 3 heterocycles. The molecule has 0 unspecified atom stereocenters. The minimum absolute atomic E-state index is 0.625. The van der Waals surface area contributed by atoms with Gasteiger partial charge in [0.2, 0.25) is 0 Å². The standard InChI is InChI=1S/C21H21N3O3S/c1-13-22-20(24(2)11-15-6-5-9-27-15)19-16(12-28-21(19)23-13)14-7-8-17(25-3)18(10-14)26-4/h5-10,12H,11H2,1-4H3. The van der Waals surface area contributed by atoms with Gasteiger partial charge in [-0.1, -0.05) is 6.07 Å². The quantitative estimate of drug-likeness (QED) is 0.462. The molecule has 0 N–H and O–H groups in total. The molecule has 0 fully saturated rings. The number of rotatable bonds is 6. The van der Waals surface area contributed by atoms with Crippen molar-refractivity contribution < 1.29 is 13.9 Å². The van der Waals surface area contributed by atoms with Crippen LogP contribution < -0.4 is 14.4 Å². The summed E-state index contributed by atoms with van der Waals surface area (Å²) in [4.78, 5) is 12.4. The fraction of sp³-hybridized carbons (Fsp3) is 0.238. The number of methoxy groups -OCH3 is 2. The van der Waals surface area contributed by atoms with Crippen molar-refractivity contribution in [3.05, 3.63) is 53.6 Å². The van der Waals surface area contributed by atoms with Crippen molar-refractivity contribution in [2.24, 2.45) is 0 Å². The van der Waals surface area contributed by atoms with E-state index >= 15 is 0 Å². The van der Waals surface area contributed by atoms with E-state index in [0.717, 1.165) is 38.7 Å². The average molecular weight is 395 g/mol. The molecule has 0 saturated carbocycles. The monoisotopic (exact) mass is 395 g/mol. The van der Waals surface area contributed by atoms with Crippen LogP contribution in [0.15, 0.2) is 46.4 Å². The number of ether oxygens (including phenoxy) is 2. The summed E-state index contributed by atoms with van der Waals surface area (Å²) in [5, 5.41) is 3.14. The van der Waals surface area contributed by atoms with Gasteiger partial charge in [0.15, 0.2) is 11.5 Å². The first-order chi connectivity index (χ1) is 13.6. The van der Waals surface area contributed by atoms with Crippen LogP contribution in [0.4, 0.5) is 5.82 Å². The van der Waals surface area contributed by atoms with Gasteiger partial charge in [-0.15, -0.1) is 11.3 Å². The van der Waals surface area contributed by atoms with Crippen molar-refractivity contribution in [1.29, 1.82) is 0 Å². The molecule has 0 aliphatic rings. The SMILES string of the molecule is COc1ccc(-c2csc3nc(C)nc(N(C)Cc4ccco4)c23)cc1OC. The Morgan fingerprint density at radius 1 is 1.11 bits per heavy atom. The molecule has 0 aliphatic heterocycles. The van der Waals surface area contributed by atoms with E-state index in [4.69, 9.17) is 18.9 Å². The van der Waals surface area contributed by atoms with Crippen molar-refractivity contribution in [2.45, 2.75) is 13.5 Å². The summed E-state index contributed by atoms with van der Waals surface area (Å²) < 4.78 is 16.4. The van der Waals surface area contributed by atoms with E-state index in [1.807, 2.05) is 44.3 Å². The second-order valence-corrected chi connectivity index (χ2v) is 7.29. The lowest BCUT2D eigenvalue weighted by atomic mass is 10.0. The van der Waals surface area contributed by atoms with E-state index in [-0.39, 0.29) is 0 Å². The molecular weight excluding hydrogens is 374 g/mol. The van der Waals surface area contributed by atoms with Gasteiger partial charge in [-0.05, 0) is 36.8 Å². The summed E-state index contributed by atoms with van der Waals surface area (Å²) in [7, 11) is 5.29. The van der Waals surface area contributed by atoms with E-state index in [1.165, 1.54) is 0 Å². The molecular formula is C21H21N3O3S.